The number of aromatic nitrogens is 22. The van der Waals surface area contributed by atoms with Crippen molar-refractivity contribution in [3.05, 3.63) is 433 Å². The smallest absolute Gasteiger partial charge is 0.149 e. The Balaban J connectivity index is 0.000000112. The van der Waals surface area contributed by atoms with Gasteiger partial charge in [-0.25, -0.2) is 62.3 Å². The van der Waals surface area contributed by atoms with E-state index in [0.717, 1.165) is 207 Å². The number of anilines is 14. The zero-order chi connectivity index (χ0) is 103. The van der Waals surface area contributed by atoms with E-state index >= 15 is 0 Å². The molecule has 0 unspecified atom stereocenters. The summed E-state index contributed by atoms with van der Waals surface area (Å²) >= 11 is 11.9. The van der Waals surface area contributed by atoms with Crippen LogP contribution >= 0.6 is 23.2 Å². The van der Waals surface area contributed by atoms with Gasteiger partial charge in [-0.15, -0.1) is 0 Å². The predicted molar refractivity (Wildman–Crippen MR) is 596 cm³/mol. The lowest BCUT2D eigenvalue weighted by Crippen LogP contribution is -2.04. The molecule has 0 fully saturated rings. The highest BCUT2D eigenvalue weighted by molar-refractivity contribution is 6.31. The number of para-hydroxylation sites is 5. The monoisotopic (exact) mass is 2000 g/mol. The van der Waals surface area contributed by atoms with Crippen molar-refractivity contribution in [1.82, 2.24) is 107 Å². The number of nitrogens with zero attached hydrogens (tertiary/aromatic N) is 22. The first-order chi connectivity index (χ1) is 72.8. The van der Waals surface area contributed by atoms with Gasteiger partial charge in [-0.1, -0.05) is 153 Å². The maximum Gasteiger partial charge on any atom is 0.149 e. The van der Waals surface area contributed by atoms with Gasteiger partial charge in [-0.2, -0.15) is 20.4 Å². The summed E-state index contributed by atoms with van der Waals surface area (Å²) < 4.78 is 24.6. The molecule has 0 atom stereocenters. The Kier molecular flexibility index (Phi) is 30.3. The summed E-state index contributed by atoms with van der Waals surface area (Å²) in [5, 5.41) is 39.6. The summed E-state index contributed by atoms with van der Waals surface area (Å²) in [5.41, 5.74) is 40.8. The molecule has 10 N–H and O–H groups in total. The van der Waals surface area contributed by atoms with E-state index in [2.05, 4.69) is 165 Å². The number of nitrogens with one attached hydrogen (secondary N) is 6. The van der Waals surface area contributed by atoms with E-state index in [9.17, 15) is 4.39 Å². The van der Waals surface area contributed by atoms with Crippen LogP contribution < -0.4 is 43.4 Å². The third kappa shape index (κ3) is 23.6. The first kappa shape index (κ1) is 98.8. The molecule has 33 heteroatoms. The molecule has 149 heavy (non-hydrogen) atoms. The van der Waals surface area contributed by atoms with E-state index in [0.29, 0.717) is 44.7 Å². The van der Waals surface area contributed by atoms with Crippen molar-refractivity contribution in [3.8, 4) is 56.7 Å². The highest BCUT2D eigenvalue weighted by Gasteiger charge is 2.23. The highest BCUT2D eigenvalue weighted by atomic mass is 35.5. The molecule has 738 valence electrons. The van der Waals surface area contributed by atoms with Gasteiger partial charge in [0.15, 0.2) is 0 Å². The number of benzene rings is 8. The van der Waals surface area contributed by atoms with Gasteiger partial charge in [0, 0.05) is 105 Å². The zero-order valence-corrected chi connectivity index (χ0v) is 84.2. The second kappa shape index (κ2) is 45.7. The Morgan fingerprint density at radius 3 is 0.839 bits per heavy atom. The molecule has 8 aromatic carbocycles. The van der Waals surface area contributed by atoms with Crippen molar-refractivity contribution < 1.29 is 4.39 Å². The number of nitrogen functional groups attached to an aromatic ring is 2. The molecule has 0 spiro atoms. The van der Waals surface area contributed by atoms with Crippen LogP contribution in [0.5, 0.6) is 0 Å². The molecule has 0 saturated carbocycles. The number of nitrogens with two attached hydrogens (primary N) is 2. The topological polar surface area (TPSA) is 358 Å². The van der Waals surface area contributed by atoms with Gasteiger partial charge in [0.2, 0.25) is 0 Å². The molecular weight excluding hydrogens is 1900 g/mol. The number of hydrogen-bond donors (Lipinski definition) is 8. The largest absolute Gasteiger partial charge is 0.399 e. The Hall–Kier alpha value is -19.0. The quantitative estimate of drug-likeness (QED) is 0.0312. The standard InChI is InChI=1S/2C20H19N5.2C19H16ClN5.C19H16FN5.C19H17N5/c1-13-7-9-16(10-8-13)23-19-11-15(21)12-20(24-19)25-14(2)22-17-5-3-4-6-18(17)25;1-3-16-20(18-6-4-5-11-25(18)24-16)17-12-21-13-19(23-17)22-15-9-7-14(2)8-10-15;1-12-22-16-4-2-3-5-17(16)25(12)19-11-14(21)10-18(24-19)23-15-8-6-13(20)7-9-15;2*1-2-15-19(17-5-3-4-10-25(17)24-15)16-11-21-12-18(23-16)22-14-8-6-13(20)7-9-14;1-2-15-19(17-10-6-7-11-24(17)23-15)16-12-20-13-18(22-16)21-14-8-4-3-5-9-14/h3-12H,1-2H3,(H3,21,23,24);4-13H,3H2,1-2H3,(H,22,23);2-11H,1H3,(H3,21,23,24);2*3-12H,2H2,1H3,(H,22,23);3-13H,2H2,1H3,(H,21,22). The van der Waals surface area contributed by atoms with Crippen LogP contribution in [0.1, 0.15) is 73.2 Å². The molecule has 0 bridgehead atoms. The molecule has 30 nitrogen and oxygen atoms in total. The van der Waals surface area contributed by atoms with E-state index < -0.39 is 0 Å². The molecule has 24 rings (SSSR count). The number of rotatable bonds is 22. The fourth-order valence-corrected chi connectivity index (χ4v) is 17.3. The predicted octanol–water partition coefficient (Wildman–Crippen LogP) is 26.6. The summed E-state index contributed by atoms with van der Waals surface area (Å²) in [7, 11) is 0. The Morgan fingerprint density at radius 1 is 0.268 bits per heavy atom. The summed E-state index contributed by atoms with van der Waals surface area (Å²) in [6.45, 7) is 16.4. The lowest BCUT2D eigenvalue weighted by atomic mass is 10.1. The fourth-order valence-electron chi connectivity index (χ4n) is 17.1. The van der Waals surface area contributed by atoms with Crippen molar-refractivity contribution in [2.24, 2.45) is 0 Å². The number of fused-ring (bicyclic) bond motifs is 6. The average Bonchev–Trinajstić information content (AvgIpc) is 1.67. The molecule has 0 amide bonds. The molecule has 0 radical (unpaired) electrons. The van der Waals surface area contributed by atoms with Crippen molar-refractivity contribution >= 4 is 148 Å². The number of pyridine rings is 6. The Labute approximate surface area is 868 Å². The molecular formula is C116H103Cl2FN30. The maximum absolute atomic E-state index is 13.0. The van der Waals surface area contributed by atoms with Crippen LogP contribution in [0.2, 0.25) is 10.0 Å². The molecule has 0 aliphatic heterocycles. The van der Waals surface area contributed by atoms with Gasteiger partial charge in [0.1, 0.15) is 64.0 Å². The van der Waals surface area contributed by atoms with E-state index in [-0.39, 0.29) is 5.82 Å². The lowest BCUT2D eigenvalue weighted by molar-refractivity contribution is 0.628. The van der Waals surface area contributed by atoms with Crippen LogP contribution in [0, 0.1) is 33.5 Å². The van der Waals surface area contributed by atoms with Crippen molar-refractivity contribution in [2.45, 2.75) is 81.1 Å². The first-order valence-corrected chi connectivity index (χ1v) is 49.2. The summed E-state index contributed by atoms with van der Waals surface area (Å²) in [6, 6.07) is 94.8. The van der Waals surface area contributed by atoms with Crippen molar-refractivity contribution in [2.75, 3.05) is 43.4 Å². The SMILES string of the molecule is CCc1nn2ccccc2c1-c1cncc(Nc2ccc(C)cc2)n1.CCc1nn2ccccc2c1-c1cncc(Nc2ccc(Cl)cc2)n1.CCc1nn2ccccc2c1-c1cncc(Nc2ccc(F)cc2)n1.CCc1nn2ccccc2c1-c1cncc(Nc2ccccc2)n1.Cc1ccc(Nc2cc(N)cc(-n3c(C)nc4ccccc43)n2)cc1.Cc1nc2ccccc2n1-c1cc(N)cc(Nc2ccc(Cl)cc2)n1. The highest BCUT2D eigenvalue weighted by Crippen LogP contribution is 2.37. The fraction of sp³-hybridized carbons (Fsp3) is 0.103. The summed E-state index contributed by atoms with van der Waals surface area (Å²) in [5.74, 6) is 7.02. The summed E-state index contributed by atoms with van der Waals surface area (Å²) in [6.07, 6.45) is 25.0. The molecule has 0 aliphatic carbocycles. The van der Waals surface area contributed by atoms with Crippen LogP contribution in [0.25, 0.3) is 101 Å². The van der Waals surface area contributed by atoms with Crippen LogP contribution in [0.15, 0.2) is 372 Å². The van der Waals surface area contributed by atoms with E-state index in [1.807, 2.05) is 296 Å². The number of halogens is 3. The Bertz CT molecular complexity index is 8200. The first-order valence-electron chi connectivity index (χ1n) is 48.4. The van der Waals surface area contributed by atoms with Gasteiger partial charge in [-0.05, 0) is 235 Å². The minimum atomic E-state index is -0.274. The minimum absolute atomic E-state index is 0.274. The third-order valence-electron chi connectivity index (χ3n) is 24.0. The van der Waals surface area contributed by atoms with Crippen molar-refractivity contribution in [3.63, 3.8) is 0 Å². The van der Waals surface area contributed by atoms with Crippen LogP contribution in [0.3, 0.4) is 0 Å². The van der Waals surface area contributed by atoms with Gasteiger partial charge in [-0.3, -0.25) is 29.1 Å². The molecule has 0 aliphatic rings. The van der Waals surface area contributed by atoms with Gasteiger partial charge >= 0.3 is 0 Å². The number of hydrogen-bond acceptors (Lipinski definition) is 24. The number of imidazole rings is 2. The van der Waals surface area contributed by atoms with Gasteiger partial charge in [0.05, 0.1) is 162 Å². The van der Waals surface area contributed by atoms with E-state index in [1.165, 1.54) is 23.3 Å². The van der Waals surface area contributed by atoms with Crippen LogP contribution in [0.4, 0.5) is 84.8 Å². The second-order valence-electron chi connectivity index (χ2n) is 34.6. The van der Waals surface area contributed by atoms with Crippen molar-refractivity contribution in [1.29, 1.82) is 0 Å². The number of aryl methyl sites for hydroxylation is 8. The molecule has 0 saturated heterocycles. The Morgan fingerprint density at radius 2 is 0.530 bits per heavy atom. The lowest BCUT2D eigenvalue weighted by Gasteiger charge is -2.11. The van der Waals surface area contributed by atoms with E-state index in [4.69, 9.17) is 59.6 Å². The minimum Gasteiger partial charge on any atom is -0.399 e. The molecule has 16 aromatic heterocycles. The van der Waals surface area contributed by atoms with Gasteiger partial charge in [0.25, 0.3) is 0 Å². The third-order valence-corrected chi connectivity index (χ3v) is 24.5. The van der Waals surface area contributed by atoms with Crippen LogP contribution in [-0.4, -0.2) is 107 Å². The maximum atomic E-state index is 13.0. The zero-order valence-electron chi connectivity index (χ0n) is 82.7. The second-order valence-corrected chi connectivity index (χ2v) is 35.5. The van der Waals surface area contributed by atoms with Gasteiger partial charge < -0.3 is 43.4 Å². The molecule has 16 heterocycles. The van der Waals surface area contributed by atoms with Crippen LogP contribution in [-0.2, 0) is 25.7 Å². The molecule has 24 aromatic rings. The average molecular weight is 2010 g/mol. The normalized spacial score (nSPS) is 10.9. The summed E-state index contributed by atoms with van der Waals surface area (Å²) in [4.78, 5) is 54.9. The van der Waals surface area contributed by atoms with E-state index in [1.54, 1.807) is 67.8 Å².